The fraction of sp³-hybridized carbons (Fsp3) is 0.440. The summed E-state index contributed by atoms with van der Waals surface area (Å²) in [7, 11) is 2.14. The Hall–Kier alpha value is -2.64. The van der Waals surface area contributed by atoms with Crippen LogP contribution in [0.1, 0.15) is 49.1 Å². The molecule has 4 heteroatoms. The molecule has 0 bridgehead atoms. The number of hydrogen-bond acceptors (Lipinski definition) is 3. The Morgan fingerprint density at radius 3 is 2.86 bits per heavy atom. The summed E-state index contributed by atoms with van der Waals surface area (Å²) in [6, 6.07) is 10.3. The highest BCUT2D eigenvalue weighted by molar-refractivity contribution is 5.41. The Labute approximate surface area is 173 Å². The first-order valence-electron chi connectivity index (χ1n) is 10.8. The first-order valence-corrected chi connectivity index (χ1v) is 10.8. The van der Waals surface area contributed by atoms with Crippen molar-refractivity contribution >= 4 is 12.2 Å². The first kappa shape index (κ1) is 19.7. The average Bonchev–Trinajstić information content (AvgIpc) is 2.91. The van der Waals surface area contributed by atoms with E-state index in [1.807, 2.05) is 18.2 Å². The maximum atomic E-state index is 9.23. The number of benzene rings is 1. The van der Waals surface area contributed by atoms with E-state index in [9.17, 15) is 5.26 Å². The number of nitrogens with zero attached hydrogens (tertiary/aromatic N) is 4. The number of piperidine rings is 1. The van der Waals surface area contributed by atoms with Gasteiger partial charge < -0.3 is 4.57 Å². The summed E-state index contributed by atoms with van der Waals surface area (Å²) >= 11 is 0. The van der Waals surface area contributed by atoms with E-state index < -0.39 is 0 Å². The van der Waals surface area contributed by atoms with Crippen LogP contribution in [0.15, 0.2) is 36.4 Å². The number of hydrogen-bond donors (Lipinski definition) is 0. The lowest BCUT2D eigenvalue weighted by Gasteiger charge is -2.31. The minimum absolute atomic E-state index is 0.811. The van der Waals surface area contributed by atoms with Crippen LogP contribution in [-0.4, -0.2) is 27.5 Å². The Bertz CT molecular complexity index is 1030. The van der Waals surface area contributed by atoms with E-state index in [4.69, 9.17) is 4.98 Å². The number of nitriles is 1. The van der Waals surface area contributed by atoms with Crippen LogP contribution in [0, 0.1) is 17.2 Å². The number of rotatable bonds is 6. The topological polar surface area (TPSA) is 44.9 Å². The van der Waals surface area contributed by atoms with Crippen molar-refractivity contribution < 1.29 is 0 Å². The molecule has 1 fully saturated rings. The second kappa shape index (κ2) is 9.24. The minimum Gasteiger partial charge on any atom is -0.330 e. The van der Waals surface area contributed by atoms with Gasteiger partial charge in [-0.3, -0.25) is 4.90 Å². The van der Waals surface area contributed by atoms with Gasteiger partial charge in [0.25, 0.3) is 0 Å². The van der Waals surface area contributed by atoms with Gasteiger partial charge in [0, 0.05) is 7.05 Å². The van der Waals surface area contributed by atoms with Crippen molar-refractivity contribution in [2.75, 3.05) is 13.1 Å². The predicted octanol–water partition coefficient (Wildman–Crippen LogP) is 3.05. The molecular weight excluding hydrogens is 356 g/mol. The monoisotopic (exact) mass is 386 g/mol. The zero-order chi connectivity index (χ0) is 20.1. The van der Waals surface area contributed by atoms with Crippen molar-refractivity contribution in [2.45, 2.75) is 45.1 Å². The maximum absolute atomic E-state index is 9.23. The second-order valence-corrected chi connectivity index (χ2v) is 8.27. The number of likely N-dealkylation sites (tertiary alicyclic amines) is 1. The summed E-state index contributed by atoms with van der Waals surface area (Å²) in [4.78, 5) is 7.43. The predicted molar refractivity (Wildman–Crippen MR) is 117 cm³/mol. The molecule has 1 aliphatic carbocycles. The van der Waals surface area contributed by atoms with Crippen LogP contribution < -0.4 is 10.7 Å². The molecule has 1 saturated heterocycles. The van der Waals surface area contributed by atoms with Gasteiger partial charge in [-0.1, -0.05) is 42.8 Å². The molecule has 1 aromatic carbocycles. The summed E-state index contributed by atoms with van der Waals surface area (Å²) < 4.78 is 2.26. The summed E-state index contributed by atoms with van der Waals surface area (Å²) in [6.45, 7) is 3.26. The van der Waals surface area contributed by atoms with Crippen molar-refractivity contribution in [2.24, 2.45) is 13.0 Å². The van der Waals surface area contributed by atoms with Gasteiger partial charge in [0.05, 0.1) is 28.9 Å². The van der Waals surface area contributed by atoms with E-state index >= 15 is 0 Å². The van der Waals surface area contributed by atoms with Gasteiger partial charge in [0.1, 0.15) is 5.82 Å². The first-order chi connectivity index (χ1) is 14.2. The summed E-state index contributed by atoms with van der Waals surface area (Å²) in [6.07, 6.45) is 15.6. The van der Waals surface area contributed by atoms with Gasteiger partial charge in [-0.05, 0) is 68.8 Å². The van der Waals surface area contributed by atoms with Crippen LogP contribution in [0.4, 0.5) is 0 Å². The fourth-order valence-corrected chi connectivity index (χ4v) is 4.57. The lowest BCUT2D eigenvalue weighted by molar-refractivity contribution is 0.166. The normalized spacial score (nSPS) is 17.1. The molecule has 4 nitrogen and oxygen atoms in total. The van der Waals surface area contributed by atoms with Crippen molar-refractivity contribution in [1.29, 1.82) is 5.26 Å². The molecule has 2 heterocycles. The Morgan fingerprint density at radius 1 is 1.21 bits per heavy atom. The molecule has 0 radical (unpaired) electrons. The standard InChI is InChI=1S/C25H30N4/c1-28-24-13-4-2-3-12-23(24)27-25(28)19-29-16-14-20(15-17-29)8-7-11-21-9-5-6-10-22(21)18-26/h2-3,5-6,9-10,12-13,20H,4,7-8,11,14-17,19H2,1H3. The number of allylic oxidation sites excluding steroid dienone is 2. The van der Waals surface area contributed by atoms with Gasteiger partial charge in [-0.25, -0.2) is 4.98 Å². The Kier molecular flexibility index (Phi) is 6.27. The number of fused-ring (bicyclic) bond motifs is 1. The molecule has 1 aromatic heterocycles. The molecule has 2 aliphatic rings. The van der Waals surface area contributed by atoms with Crippen molar-refractivity contribution in [3.05, 3.63) is 64.1 Å². The lowest BCUT2D eigenvalue weighted by Crippen LogP contribution is -2.34. The molecule has 4 rings (SSSR count). The van der Waals surface area contributed by atoms with Crippen molar-refractivity contribution in [3.8, 4) is 6.07 Å². The zero-order valence-electron chi connectivity index (χ0n) is 17.3. The molecule has 2 aromatic rings. The van der Waals surface area contributed by atoms with E-state index in [0.717, 1.165) is 49.3 Å². The van der Waals surface area contributed by atoms with Gasteiger partial charge in [-0.15, -0.1) is 0 Å². The molecule has 0 amide bonds. The smallest absolute Gasteiger partial charge is 0.123 e. The molecule has 150 valence electrons. The maximum Gasteiger partial charge on any atom is 0.123 e. The average molecular weight is 387 g/mol. The number of aryl methyl sites for hydroxylation is 1. The second-order valence-electron chi connectivity index (χ2n) is 8.27. The Morgan fingerprint density at radius 2 is 2.03 bits per heavy atom. The molecule has 1 aliphatic heterocycles. The van der Waals surface area contributed by atoms with Crippen LogP contribution in [0.5, 0.6) is 0 Å². The summed E-state index contributed by atoms with van der Waals surface area (Å²) in [5.74, 6) is 1.98. The van der Waals surface area contributed by atoms with Gasteiger partial charge >= 0.3 is 0 Å². The quantitative estimate of drug-likeness (QED) is 0.767. The van der Waals surface area contributed by atoms with E-state index in [0.29, 0.717) is 0 Å². The van der Waals surface area contributed by atoms with Crippen molar-refractivity contribution in [3.63, 3.8) is 0 Å². The van der Waals surface area contributed by atoms with Gasteiger partial charge in [0.2, 0.25) is 0 Å². The van der Waals surface area contributed by atoms with E-state index in [-0.39, 0.29) is 0 Å². The van der Waals surface area contributed by atoms with E-state index in [1.54, 1.807) is 0 Å². The van der Waals surface area contributed by atoms with Crippen LogP contribution in [-0.2, 0) is 20.0 Å². The highest BCUT2D eigenvalue weighted by atomic mass is 15.2. The van der Waals surface area contributed by atoms with Gasteiger partial charge in [0.15, 0.2) is 0 Å². The van der Waals surface area contributed by atoms with Crippen LogP contribution in [0.3, 0.4) is 0 Å². The highest BCUT2D eigenvalue weighted by Gasteiger charge is 2.20. The highest BCUT2D eigenvalue weighted by Crippen LogP contribution is 2.24. The molecule has 29 heavy (non-hydrogen) atoms. The molecule has 0 atom stereocenters. The fourth-order valence-electron chi connectivity index (χ4n) is 4.57. The number of aromatic nitrogens is 2. The molecule has 0 unspecified atom stereocenters. The summed E-state index contributed by atoms with van der Waals surface area (Å²) in [5, 5.41) is 11.6. The summed E-state index contributed by atoms with van der Waals surface area (Å²) in [5.41, 5.74) is 2.03. The molecular formula is C25H30N4. The van der Waals surface area contributed by atoms with E-state index in [2.05, 4.69) is 53.0 Å². The van der Waals surface area contributed by atoms with Gasteiger partial charge in [-0.2, -0.15) is 5.26 Å². The Balaban J connectivity index is 1.27. The van der Waals surface area contributed by atoms with Crippen LogP contribution in [0.2, 0.25) is 0 Å². The SMILES string of the molecule is Cn1c(CN2CCC(CCCc3ccccc3C#N)CC2)nc2c1=CCC=CC=2. The molecule has 0 spiro atoms. The third-order valence-electron chi connectivity index (χ3n) is 6.37. The van der Waals surface area contributed by atoms with E-state index in [1.165, 1.54) is 42.4 Å². The lowest BCUT2D eigenvalue weighted by atomic mass is 9.90. The van der Waals surface area contributed by atoms with Crippen molar-refractivity contribution in [1.82, 2.24) is 14.5 Å². The third kappa shape index (κ3) is 4.68. The third-order valence-corrected chi connectivity index (χ3v) is 6.37. The largest absolute Gasteiger partial charge is 0.330 e. The van der Waals surface area contributed by atoms with Crippen LogP contribution >= 0.6 is 0 Å². The molecule has 0 N–H and O–H groups in total. The van der Waals surface area contributed by atoms with Crippen LogP contribution in [0.25, 0.3) is 12.2 Å². The zero-order valence-corrected chi connectivity index (χ0v) is 17.3. The number of imidazole rings is 1. The minimum atomic E-state index is 0.811. The molecule has 0 saturated carbocycles.